The van der Waals surface area contributed by atoms with Crippen molar-refractivity contribution >= 4 is 23.4 Å². The third-order valence-corrected chi connectivity index (χ3v) is 3.98. The molecule has 0 aliphatic heterocycles. The molecule has 1 heterocycles. The predicted molar refractivity (Wildman–Crippen MR) is 96.9 cm³/mol. The molecular formula is C18H23N3O6. The van der Waals surface area contributed by atoms with Gasteiger partial charge in [-0.1, -0.05) is 13.0 Å². The first-order valence-corrected chi connectivity index (χ1v) is 8.55. The maximum atomic E-state index is 11.9. The number of pyridine rings is 1. The summed E-state index contributed by atoms with van der Waals surface area (Å²) in [6.45, 7) is 6.94. The van der Waals surface area contributed by atoms with Gasteiger partial charge in [0.2, 0.25) is 0 Å². The quantitative estimate of drug-likeness (QED) is 0.627. The van der Waals surface area contributed by atoms with Crippen LogP contribution in [0.3, 0.4) is 0 Å². The number of allylic oxidation sites excluding steroid dienone is 1. The smallest absolute Gasteiger partial charge is 0.417 e. The lowest BCUT2D eigenvalue weighted by molar-refractivity contribution is -0.385. The molecule has 0 unspecified atom stereocenters. The number of rotatable bonds is 3. The Hall–Kier alpha value is -2.97. The Labute approximate surface area is 156 Å². The van der Waals surface area contributed by atoms with E-state index in [1.165, 1.54) is 12.4 Å². The van der Waals surface area contributed by atoms with E-state index < -0.39 is 28.8 Å². The zero-order valence-corrected chi connectivity index (χ0v) is 15.7. The zero-order valence-electron chi connectivity index (χ0n) is 15.7. The Bertz CT molecular complexity index is 769. The fourth-order valence-electron chi connectivity index (χ4n) is 2.79. The summed E-state index contributed by atoms with van der Waals surface area (Å²) in [5.74, 6) is -0.0813. The first-order valence-electron chi connectivity index (χ1n) is 8.55. The molecule has 1 aliphatic rings. The lowest BCUT2D eigenvalue weighted by Gasteiger charge is -2.28. The Morgan fingerprint density at radius 2 is 2.04 bits per heavy atom. The maximum absolute atomic E-state index is 11.9. The zero-order chi connectivity index (χ0) is 20.2. The number of nitro groups is 1. The monoisotopic (exact) mass is 377 g/mol. The van der Waals surface area contributed by atoms with E-state index in [0.29, 0.717) is 18.4 Å². The van der Waals surface area contributed by atoms with Crippen LogP contribution in [0.1, 0.15) is 46.1 Å². The Morgan fingerprint density at radius 3 is 2.63 bits per heavy atom. The molecule has 9 nitrogen and oxygen atoms in total. The van der Waals surface area contributed by atoms with Gasteiger partial charge in [0.15, 0.2) is 0 Å². The van der Waals surface area contributed by atoms with Crippen LogP contribution in [0.15, 0.2) is 24.5 Å². The maximum Gasteiger partial charge on any atom is 0.417 e. The minimum Gasteiger partial charge on any atom is -0.445 e. The molecule has 0 bridgehead atoms. The van der Waals surface area contributed by atoms with Gasteiger partial charge in [-0.2, -0.15) is 0 Å². The molecule has 0 spiro atoms. The number of ether oxygens (including phenoxy) is 2. The van der Waals surface area contributed by atoms with E-state index in [-0.39, 0.29) is 11.6 Å². The van der Waals surface area contributed by atoms with Gasteiger partial charge in [-0.3, -0.25) is 15.1 Å². The van der Waals surface area contributed by atoms with Crippen molar-refractivity contribution in [2.45, 2.75) is 52.2 Å². The Kier molecular flexibility index (Phi) is 6.14. The van der Waals surface area contributed by atoms with E-state index in [9.17, 15) is 19.7 Å². The second-order valence-electron chi connectivity index (χ2n) is 7.37. The minimum absolute atomic E-state index is 0.0574. The lowest BCUT2D eigenvalue weighted by Crippen LogP contribution is -2.39. The van der Waals surface area contributed by atoms with Crippen molar-refractivity contribution in [1.82, 2.24) is 10.3 Å². The predicted octanol–water partition coefficient (Wildman–Crippen LogP) is 3.83. The lowest BCUT2D eigenvalue weighted by atomic mass is 9.84. The van der Waals surface area contributed by atoms with Crippen LogP contribution in [0, 0.1) is 16.0 Å². The van der Waals surface area contributed by atoms with Gasteiger partial charge in [0.05, 0.1) is 10.5 Å². The summed E-state index contributed by atoms with van der Waals surface area (Å²) in [4.78, 5) is 38.0. The van der Waals surface area contributed by atoms with E-state index in [1.54, 1.807) is 26.8 Å². The summed E-state index contributed by atoms with van der Waals surface area (Å²) in [7, 11) is 0. The molecule has 1 N–H and O–H groups in total. The Morgan fingerprint density at radius 1 is 1.33 bits per heavy atom. The van der Waals surface area contributed by atoms with Crippen molar-refractivity contribution in [3.63, 3.8) is 0 Å². The first-order chi connectivity index (χ1) is 12.6. The van der Waals surface area contributed by atoms with Gasteiger partial charge in [0.25, 0.3) is 5.69 Å². The molecule has 146 valence electrons. The summed E-state index contributed by atoms with van der Waals surface area (Å²) in [5.41, 5.74) is 0.542. The van der Waals surface area contributed by atoms with Gasteiger partial charge in [0, 0.05) is 12.6 Å². The topological polar surface area (TPSA) is 121 Å². The highest BCUT2D eigenvalue weighted by atomic mass is 16.6. The molecule has 0 fully saturated rings. The van der Waals surface area contributed by atoms with E-state index in [0.717, 1.165) is 5.57 Å². The number of imide groups is 1. The van der Waals surface area contributed by atoms with Crippen LogP contribution in [0.5, 0.6) is 0 Å². The second-order valence-corrected chi connectivity index (χ2v) is 7.37. The molecule has 0 saturated heterocycles. The highest BCUT2D eigenvalue weighted by molar-refractivity contribution is 5.87. The van der Waals surface area contributed by atoms with Crippen molar-refractivity contribution in [3.05, 3.63) is 40.2 Å². The molecular weight excluding hydrogens is 354 g/mol. The summed E-state index contributed by atoms with van der Waals surface area (Å²) in [5, 5.41) is 13.2. The van der Waals surface area contributed by atoms with Crippen molar-refractivity contribution in [2.24, 2.45) is 5.92 Å². The number of hydrogen-bond donors (Lipinski definition) is 1. The number of carbonyl (C=O) groups is 2. The molecule has 9 heteroatoms. The van der Waals surface area contributed by atoms with Crippen LogP contribution in [-0.2, 0) is 9.47 Å². The number of hydrogen-bond acceptors (Lipinski definition) is 7. The molecule has 1 aliphatic carbocycles. The molecule has 1 aromatic rings. The van der Waals surface area contributed by atoms with Crippen molar-refractivity contribution in [3.8, 4) is 0 Å². The van der Waals surface area contributed by atoms with Gasteiger partial charge in [-0.15, -0.1) is 0 Å². The number of carbonyl (C=O) groups excluding carboxylic acids is 2. The van der Waals surface area contributed by atoms with Gasteiger partial charge in [0.1, 0.15) is 17.9 Å². The fraction of sp³-hybridized carbons (Fsp3) is 0.500. The highest BCUT2D eigenvalue weighted by Gasteiger charge is 2.29. The molecule has 2 amide bonds. The van der Waals surface area contributed by atoms with Crippen LogP contribution in [-0.4, -0.2) is 33.8 Å². The summed E-state index contributed by atoms with van der Waals surface area (Å²) >= 11 is 0. The van der Waals surface area contributed by atoms with Crippen LogP contribution < -0.4 is 5.32 Å². The van der Waals surface area contributed by atoms with E-state index in [4.69, 9.17) is 9.47 Å². The average Bonchev–Trinajstić information content (AvgIpc) is 2.54. The minimum atomic E-state index is -0.882. The van der Waals surface area contributed by atoms with Crippen LogP contribution in [0.2, 0.25) is 0 Å². The average molecular weight is 377 g/mol. The highest BCUT2D eigenvalue weighted by Crippen LogP contribution is 2.35. The fourth-order valence-corrected chi connectivity index (χ4v) is 2.79. The molecule has 0 radical (unpaired) electrons. The molecule has 27 heavy (non-hydrogen) atoms. The molecule has 2 rings (SSSR count). The van der Waals surface area contributed by atoms with Gasteiger partial charge >= 0.3 is 12.2 Å². The normalized spacial score (nSPS) is 19.6. The molecule has 0 saturated carbocycles. The van der Waals surface area contributed by atoms with Gasteiger partial charge < -0.3 is 9.47 Å². The van der Waals surface area contributed by atoms with Crippen LogP contribution in [0.25, 0.3) is 5.57 Å². The second kappa shape index (κ2) is 8.15. The SMILES string of the molecule is C[C@@H]1CC(c2ccncc2[N+](=O)[O-])=CC[C@H]1OC(=O)NC(=O)OC(C)(C)C. The molecule has 1 aromatic heterocycles. The third kappa shape index (κ3) is 5.77. The standard InChI is InChI=1S/C18H23N3O6/c1-11-9-12(13-7-8-19-10-14(13)21(24)25)5-6-15(11)26-16(22)20-17(23)27-18(2,3)4/h5,7-8,10-11,15H,6,9H2,1-4H3,(H,20,22,23)/t11-,15-/m1/s1. The molecule has 0 aromatic carbocycles. The summed E-state index contributed by atoms with van der Waals surface area (Å²) in [6.07, 6.45) is 3.22. The largest absolute Gasteiger partial charge is 0.445 e. The van der Waals surface area contributed by atoms with Crippen molar-refractivity contribution in [1.29, 1.82) is 0 Å². The third-order valence-electron chi connectivity index (χ3n) is 3.98. The van der Waals surface area contributed by atoms with Crippen molar-refractivity contribution in [2.75, 3.05) is 0 Å². The summed E-state index contributed by atoms with van der Waals surface area (Å²) < 4.78 is 10.3. The van der Waals surface area contributed by atoms with E-state index in [1.807, 2.05) is 18.3 Å². The van der Waals surface area contributed by atoms with E-state index in [2.05, 4.69) is 4.98 Å². The molecule has 2 atom stereocenters. The number of amides is 2. The number of nitrogens with one attached hydrogen (secondary N) is 1. The van der Waals surface area contributed by atoms with Gasteiger partial charge in [-0.25, -0.2) is 14.9 Å². The van der Waals surface area contributed by atoms with Crippen LogP contribution >= 0.6 is 0 Å². The van der Waals surface area contributed by atoms with Crippen molar-refractivity contribution < 1.29 is 24.0 Å². The van der Waals surface area contributed by atoms with E-state index >= 15 is 0 Å². The number of nitrogens with zero attached hydrogens (tertiary/aromatic N) is 2. The number of aromatic nitrogens is 1. The first kappa shape index (κ1) is 20.3. The number of alkyl carbamates (subject to hydrolysis) is 2. The Balaban J connectivity index is 2.01. The van der Waals surface area contributed by atoms with Crippen LogP contribution in [0.4, 0.5) is 15.3 Å². The van der Waals surface area contributed by atoms with Gasteiger partial charge in [-0.05, 0) is 44.7 Å². The summed E-state index contributed by atoms with van der Waals surface area (Å²) in [6, 6.07) is 1.60.